The van der Waals surface area contributed by atoms with Gasteiger partial charge < -0.3 is 20.3 Å². The van der Waals surface area contributed by atoms with Gasteiger partial charge in [0.25, 0.3) is 0 Å². The molecule has 2 rings (SSSR count). The molecule has 31 heavy (non-hydrogen) atoms. The third-order valence-corrected chi connectivity index (χ3v) is 4.88. The highest BCUT2D eigenvalue weighted by molar-refractivity contribution is 6.37. The zero-order chi connectivity index (χ0) is 22.8. The quantitative estimate of drug-likeness (QED) is 0.341. The van der Waals surface area contributed by atoms with Gasteiger partial charge in [0.2, 0.25) is 5.91 Å². The number of carbonyl (C=O) groups excluding carboxylic acids is 1. The third kappa shape index (κ3) is 8.86. The number of benzene rings is 2. The van der Waals surface area contributed by atoms with Crippen molar-refractivity contribution < 1.29 is 29.3 Å². The van der Waals surface area contributed by atoms with E-state index in [2.05, 4.69) is 5.32 Å². The van der Waals surface area contributed by atoms with Crippen molar-refractivity contribution in [2.24, 2.45) is 0 Å². The van der Waals surface area contributed by atoms with E-state index in [1.807, 2.05) is 0 Å². The van der Waals surface area contributed by atoms with Gasteiger partial charge in [-0.15, -0.1) is 0 Å². The molecule has 0 heterocycles. The van der Waals surface area contributed by atoms with Crippen molar-refractivity contribution in [1.82, 2.24) is 0 Å². The van der Waals surface area contributed by atoms with Crippen LogP contribution in [-0.2, 0) is 20.8 Å². The highest BCUT2D eigenvalue weighted by Gasteiger charge is 2.13. The molecule has 2 aromatic rings. The second kappa shape index (κ2) is 12.2. The van der Waals surface area contributed by atoms with Gasteiger partial charge in [0.15, 0.2) is 5.75 Å². The summed E-state index contributed by atoms with van der Waals surface area (Å²) in [6, 6.07) is 9.65. The summed E-state index contributed by atoms with van der Waals surface area (Å²) in [5, 5.41) is 20.7. The van der Waals surface area contributed by atoms with E-state index < -0.39 is 11.9 Å². The first kappa shape index (κ1) is 24.5. The summed E-state index contributed by atoms with van der Waals surface area (Å²) in [5.74, 6) is -1.24. The number of nitrogens with one attached hydrogen (secondary N) is 1. The van der Waals surface area contributed by atoms with Crippen LogP contribution in [0.15, 0.2) is 36.4 Å². The molecule has 166 valence electrons. The highest BCUT2D eigenvalue weighted by atomic mass is 35.5. The van der Waals surface area contributed by atoms with Crippen LogP contribution in [0.25, 0.3) is 0 Å². The van der Waals surface area contributed by atoms with E-state index in [9.17, 15) is 14.4 Å². The summed E-state index contributed by atoms with van der Waals surface area (Å²) in [7, 11) is 0. The fourth-order valence-corrected chi connectivity index (χ4v) is 3.46. The lowest BCUT2D eigenvalue weighted by Gasteiger charge is -2.12. The number of carboxylic acids is 2. The van der Waals surface area contributed by atoms with Crippen molar-refractivity contribution in [3.8, 4) is 11.5 Å². The summed E-state index contributed by atoms with van der Waals surface area (Å²) in [4.78, 5) is 33.3. The van der Waals surface area contributed by atoms with Gasteiger partial charge in [-0.2, -0.15) is 0 Å². The smallest absolute Gasteiger partial charge is 0.307 e. The van der Waals surface area contributed by atoms with Crippen LogP contribution in [0.3, 0.4) is 0 Å². The molecule has 0 fully saturated rings. The fourth-order valence-electron chi connectivity index (χ4n) is 2.85. The van der Waals surface area contributed by atoms with E-state index in [4.69, 9.17) is 38.2 Å². The normalized spacial score (nSPS) is 10.5. The lowest BCUT2D eigenvalue weighted by molar-refractivity contribution is -0.137. The molecule has 0 spiro atoms. The lowest BCUT2D eigenvalue weighted by Crippen LogP contribution is -2.10. The minimum absolute atomic E-state index is 0.119. The van der Waals surface area contributed by atoms with Gasteiger partial charge in [-0.25, -0.2) is 0 Å². The van der Waals surface area contributed by atoms with Crippen LogP contribution in [0.4, 0.5) is 5.69 Å². The van der Waals surface area contributed by atoms with Gasteiger partial charge in [0.05, 0.1) is 16.5 Å². The SMILES string of the molecule is O=C(O)CCCCCCC(=O)Nc1ccc(Oc2c(Cl)cc(CC(=O)O)cc2Cl)cc1. The largest absolute Gasteiger partial charge is 0.481 e. The Bertz CT molecular complexity index is 907. The van der Waals surface area contributed by atoms with Crippen LogP contribution in [0.1, 0.15) is 44.1 Å². The number of hydrogen-bond acceptors (Lipinski definition) is 4. The van der Waals surface area contributed by atoms with E-state index in [0.717, 1.165) is 12.8 Å². The first-order chi connectivity index (χ1) is 14.7. The van der Waals surface area contributed by atoms with Crippen molar-refractivity contribution in [2.75, 3.05) is 5.32 Å². The molecule has 0 saturated heterocycles. The van der Waals surface area contributed by atoms with Crippen LogP contribution in [-0.4, -0.2) is 28.1 Å². The number of aliphatic carboxylic acids is 2. The molecule has 0 aliphatic carbocycles. The van der Waals surface area contributed by atoms with Crippen LogP contribution in [0.5, 0.6) is 11.5 Å². The molecule has 0 radical (unpaired) electrons. The van der Waals surface area contributed by atoms with Crippen LogP contribution in [0, 0.1) is 0 Å². The van der Waals surface area contributed by atoms with Crippen molar-refractivity contribution in [2.45, 2.75) is 44.9 Å². The van der Waals surface area contributed by atoms with E-state index >= 15 is 0 Å². The number of carbonyl (C=O) groups is 3. The third-order valence-electron chi connectivity index (χ3n) is 4.32. The molecular formula is C22H23Cl2NO6. The molecule has 7 nitrogen and oxygen atoms in total. The van der Waals surface area contributed by atoms with Gasteiger partial charge in [0.1, 0.15) is 5.75 Å². The summed E-state index contributed by atoms with van der Waals surface area (Å²) in [6.45, 7) is 0. The minimum Gasteiger partial charge on any atom is -0.481 e. The lowest BCUT2D eigenvalue weighted by atomic mass is 10.1. The van der Waals surface area contributed by atoms with Gasteiger partial charge in [0, 0.05) is 18.5 Å². The van der Waals surface area contributed by atoms with Crippen LogP contribution >= 0.6 is 23.2 Å². The Labute approximate surface area is 189 Å². The zero-order valence-electron chi connectivity index (χ0n) is 16.7. The topological polar surface area (TPSA) is 113 Å². The molecule has 0 bridgehead atoms. The van der Waals surface area contributed by atoms with Crippen molar-refractivity contribution in [3.05, 3.63) is 52.0 Å². The number of ether oxygens (including phenoxy) is 1. The van der Waals surface area contributed by atoms with Gasteiger partial charge in [-0.1, -0.05) is 36.0 Å². The van der Waals surface area contributed by atoms with Crippen LogP contribution in [0.2, 0.25) is 10.0 Å². The summed E-state index contributed by atoms with van der Waals surface area (Å²) in [5.41, 5.74) is 1.08. The Balaban J connectivity index is 1.85. The minimum atomic E-state index is -0.989. The summed E-state index contributed by atoms with van der Waals surface area (Å²) >= 11 is 12.4. The summed E-state index contributed by atoms with van der Waals surface area (Å²) < 4.78 is 5.71. The van der Waals surface area contributed by atoms with E-state index in [-0.39, 0.29) is 34.5 Å². The zero-order valence-corrected chi connectivity index (χ0v) is 18.2. The first-order valence-corrected chi connectivity index (χ1v) is 10.5. The summed E-state index contributed by atoms with van der Waals surface area (Å²) in [6.07, 6.45) is 3.23. The first-order valence-electron chi connectivity index (χ1n) is 9.74. The van der Waals surface area contributed by atoms with E-state index in [0.29, 0.717) is 36.3 Å². The van der Waals surface area contributed by atoms with Crippen molar-refractivity contribution in [1.29, 1.82) is 0 Å². The standard InChI is InChI=1S/C22H23Cl2NO6/c23-17-11-14(13-21(29)30)12-18(24)22(17)31-16-9-7-15(8-10-16)25-19(26)5-3-1-2-4-6-20(27)28/h7-12H,1-6,13H2,(H,25,26)(H,27,28)(H,29,30). The molecule has 1 amide bonds. The average molecular weight is 468 g/mol. The number of amides is 1. The maximum absolute atomic E-state index is 12.0. The maximum Gasteiger partial charge on any atom is 0.307 e. The Morgan fingerprint density at radius 1 is 0.839 bits per heavy atom. The second-order valence-corrected chi connectivity index (χ2v) is 7.76. The average Bonchev–Trinajstić information content (AvgIpc) is 2.68. The molecule has 2 aromatic carbocycles. The second-order valence-electron chi connectivity index (χ2n) is 6.94. The molecule has 0 atom stereocenters. The van der Waals surface area contributed by atoms with Crippen molar-refractivity contribution >= 4 is 46.7 Å². The molecular weight excluding hydrogens is 445 g/mol. The van der Waals surface area contributed by atoms with Gasteiger partial charge in [-0.3, -0.25) is 14.4 Å². The predicted octanol–water partition coefficient (Wildman–Crippen LogP) is 5.78. The maximum atomic E-state index is 12.0. The van der Waals surface area contributed by atoms with Crippen molar-refractivity contribution in [3.63, 3.8) is 0 Å². The molecule has 3 N–H and O–H groups in total. The number of unbranched alkanes of at least 4 members (excludes halogenated alkanes) is 3. The Hall–Kier alpha value is -2.77. The molecule has 0 aliphatic heterocycles. The highest BCUT2D eigenvalue weighted by Crippen LogP contribution is 2.37. The van der Waals surface area contributed by atoms with E-state index in [1.54, 1.807) is 24.3 Å². The van der Waals surface area contributed by atoms with E-state index in [1.165, 1.54) is 12.1 Å². The van der Waals surface area contributed by atoms with Gasteiger partial charge in [-0.05, 0) is 54.8 Å². The Morgan fingerprint density at radius 3 is 1.97 bits per heavy atom. The molecule has 0 aliphatic rings. The monoisotopic (exact) mass is 467 g/mol. The predicted molar refractivity (Wildman–Crippen MR) is 118 cm³/mol. The van der Waals surface area contributed by atoms with Crippen LogP contribution < -0.4 is 10.1 Å². The fraction of sp³-hybridized carbons (Fsp3) is 0.318. The number of halogens is 2. The number of hydrogen-bond donors (Lipinski definition) is 3. The molecule has 9 heteroatoms. The molecule has 0 saturated carbocycles. The Morgan fingerprint density at radius 2 is 1.42 bits per heavy atom. The number of rotatable bonds is 12. The number of anilines is 1. The van der Waals surface area contributed by atoms with Gasteiger partial charge >= 0.3 is 11.9 Å². The molecule has 0 aromatic heterocycles. The number of carboxylic acid groups (broad SMARTS) is 2. The molecule has 0 unspecified atom stereocenters. The Kier molecular flexibility index (Phi) is 9.62.